The molecule has 1 fully saturated rings. The third kappa shape index (κ3) is 4.09. The van der Waals surface area contributed by atoms with Gasteiger partial charge in [0.25, 0.3) is 5.24 Å². The molecule has 1 saturated carbocycles. The van der Waals surface area contributed by atoms with Crippen molar-refractivity contribution in [3.8, 4) is 0 Å². The lowest BCUT2D eigenvalue weighted by atomic mass is 9.95. The van der Waals surface area contributed by atoms with Gasteiger partial charge in [0.1, 0.15) is 0 Å². The number of carbonyl (C=O) groups is 1. The van der Waals surface area contributed by atoms with Gasteiger partial charge in [-0.15, -0.1) is 11.6 Å². The molecule has 1 aliphatic carbocycles. The summed E-state index contributed by atoms with van der Waals surface area (Å²) in [6.45, 7) is 2.07. The van der Waals surface area contributed by atoms with Gasteiger partial charge in [0, 0.05) is 11.8 Å². The zero-order valence-electron chi connectivity index (χ0n) is 8.59. The van der Waals surface area contributed by atoms with E-state index in [0.29, 0.717) is 0 Å². The monoisotopic (exact) mass is 235 g/mol. The molecule has 0 aromatic carbocycles. The molecule has 2 nitrogen and oxygen atoms in total. The Balaban J connectivity index is 2.23. The maximum atomic E-state index is 11.4. The lowest BCUT2D eigenvalue weighted by molar-refractivity contribution is 0.253. The lowest BCUT2D eigenvalue weighted by Crippen LogP contribution is -2.41. The highest BCUT2D eigenvalue weighted by Crippen LogP contribution is 2.23. The SMILES string of the molecule is CCCSC(=O)NC1CCCC[C@@H]1Cl. The van der Waals surface area contributed by atoms with Crippen LogP contribution in [-0.2, 0) is 0 Å². The average molecular weight is 236 g/mol. The number of hydrogen-bond donors (Lipinski definition) is 1. The van der Waals surface area contributed by atoms with Crippen LogP contribution in [0.4, 0.5) is 4.79 Å². The van der Waals surface area contributed by atoms with E-state index >= 15 is 0 Å². The van der Waals surface area contributed by atoms with Crippen molar-refractivity contribution in [1.82, 2.24) is 5.32 Å². The van der Waals surface area contributed by atoms with Crippen molar-refractivity contribution in [2.24, 2.45) is 0 Å². The Hall–Kier alpha value is 0.110. The Labute approximate surface area is 95.2 Å². The van der Waals surface area contributed by atoms with E-state index in [9.17, 15) is 4.79 Å². The van der Waals surface area contributed by atoms with Crippen molar-refractivity contribution in [2.75, 3.05) is 5.75 Å². The molecular weight excluding hydrogens is 218 g/mol. The fourth-order valence-corrected chi connectivity index (χ4v) is 2.60. The standard InChI is InChI=1S/C10H18ClNOS/c1-2-7-14-10(13)12-9-6-4-3-5-8(9)11/h8-9H,2-7H2,1H3,(H,12,13)/t8-,9?/m0/s1. The van der Waals surface area contributed by atoms with Crippen LogP contribution in [0.1, 0.15) is 39.0 Å². The van der Waals surface area contributed by atoms with Crippen molar-refractivity contribution in [3.05, 3.63) is 0 Å². The Morgan fingerprint density at radius 3 is 2.86 bits per heavy atom. The molecule has 1 N–H and O–H groups in total. The minimum atomic E-state index is 0.0874. The highest BCUT2D eigenvalue weighted by Gasteiger charge is 2.24. The molecule has 0 spiro atoms. The normalized spacial score (nSPS) is 27.3. The molecule has 14 heavy (non-hydrogen) atoms. The van der Waals surface area contributed by atoms with Gasteiger partial charge in [-0.05, 0) is 19.3 Å². The van der Waals surface area contributed by atoms with Gasteiger partial charge < -0.3 is 5.32 Å². The molecule has 0 aromatic rings. The topological polar surface area (TPSA) is 29.1 Å². The van der Waals surface area contributed by atoms with Crippen molar-refractivity contribution in [3.63, 3.8) is 0 Å². The highest BCUT2D eigenvalue weighted by molar-refractivity contribution is 8.13. The number of amides is 1. The summed E-state index contributed by atoms with van der Waals surface area (Å²) in [5.41, 5.74) is 0. The van der Waals surface area contributed by atoms with E-state index in [1.54, 1.807) is 0 Å². The van der Waals surface area contributed by atoms with E-state index in [2.05, 4.69) is 12.2 Å². The first-order valence-electron chi connectivity index (χ1n) is 5.31. The van der Waals surface area contributed by atoms with Crippen LogP contribution >= 0.6 is 23.4 Å². The number of rotatable bonds is 3. The highest BCUT2D eigenvalue weighted by atomic mass is 35.5. The van der Waals surface area contributed by atoms with Crippen LogP contribution in [0.15, 0.2) is 0 Å². The molecule has 0 radical (unpaired) electrons. The first kappa shape index (κ1) is 12.2. The molecule has 0 aliphatic heterocycles. The summed E-state index contributed by atoms with van der Waals surface area (Å²) >= 11 is 7.50. The van der Waals surface area contributed by atoms with Gasteiger partial charge in [-0.3, -0.25) is 4.79 Å². The molecule has 1 aliphatic rings. The average Bonchev–Trinajstić information content (AvgIpc) is 2.18. The molecule has 0 bridgehead atoms. The Morgan fingerprint density at radius 2 is 2.21 bits per heavy atom. The number of carbonyl (C=O) groups excluding carboxylic acids is 1. The number of alkyl halides is 1. The summed E-state index contributed by atoms with van der Waals surface area (Å²) in [6.07, 6.45) is 5.49. The van der Waals surface area contributed by atoms with Gasteiger partial charge in [0.2, 0.25) is 0 Å². The van der Waals surface area contributed by atoms with Crippen molar-refractivity contribution < 1.29 is 4.79 Å². The van der Waals surface area contributed by atoms with Gasteiger partial charge in [-0.25, -0.2) is 0 Å². The molecule has 1 rings (SSSR count). The van der Waals surface area contributed by atoms with Gasteiger partial charge >= 0.3 is 0 Å². The molecule has 82 valence electrons. The summed E-state index contributed by atoms with van der Waals surface area (Å²) in [5, 5.41) is 3.22. The van der Waals surface area contributed by atoms with Crippen molar-refractivity contribution in [1.29, 1.82) is 0 Å². The van der Waals surface area contributed by atoms with Crippen molar-refractivity contribution >= 4 is 28.6 Å². The lowest BCUT2D eigenvalue weighted by Gasteiger charge is -2.27. The fourth-order valence-electron chi connectivity index (χ4n) is 1.64. The second-order valence-electron chi connectivity index (χ2n) is 3.69. The first-order valence-corrected chi connectivity index (χ1v) is 6.73. The van der Waals surface area contributed by atoms with E-state index in [0.717, 1.165) is 25.0 Å². The largest absolute Gasteiger partial charge is 0.343 e. The van der Waals surface area contributed by atoms with Gasteiger partial charge in [-0.1, -0.05) is 31.5 Å². The quantitative estimate of drug-likeness (QED) is 0.760. The van der Waals surface area contributed by atoms with E-state index < -0.39 is 0 Å². The molecule has 1 unspecified atom stereocenters. The minimum Gasteiger partial charge on any atom is -0.343 e. The van der Waals surface area contributed by atoms with Crippen LogP contribution < -0.4 is 5.32 Å². The molecular formula is C10H18ClNOS. The second kappa shape index (κ2) is 6.57. The van der Waals surface area contributed by atoms with E-state index in [1.165, 1.54) is 24.6 Å². The molecule has 0 heterocycles. The maximum Gasteiger partial charge on any atom is 0.279 e. The number of thioether (sulfide) groups is 1. The Kier molecular flexibility index (Phi) is 5.71. The maximum absolute atomic E-state index is 11.4. The number of nitrogens with one attached hydrogen (secondary N) is 1. The van der Waals surface area contributed by atoms with Crippen LogP contribution in [0.25, 0.3) is 0 Å². The molecule has 0 saturated heterocycles. The van der Waals surface area contributed by atoms with E-state index in [4.69, 9.17) is 11.6 Å². The van der Waals surface area contributed by atoms with Crippen LogP contribution in [0.2, 0.25) is 0 Å². The van der Waals surface area contributed by atoms with Crippen molar-refractivity contribution in [2.45, 2.75) is 50.4 Å². The predicted octanol–water partition coefficient (Wildman–Crippen LogP) is 3.39. The third-order valence-corrected chi connectivity index (χ3v) is 3.94. The fraction of sp³-hybridized carbons (Fsp3) is 0.900. The number of halogens is 1. The minimum absolute atomic E-state index is 0.0874. The Morgan fingerprint density at radius 1 is 1.50 bits per heavy atom. The Bertz CT molecular complexity index is 189. The van der Waals surface area contributed by atoms with Crippen LogP contribution in [0, 0.1) is 0 Å². The zero-order chi connectivity index (χ0) is 10.4. The summed E-state index contributed by atoms with van der Waals surface area (Å²) in [5.74, 6) is 0.894. The predicted molar refractivity (Wildman–Crippen MR) is 63.2 cm³/mol. The summed E-state index contributed by atoms with van der Waals surface area (Å²) in [7, 11) is 0. The van der Waals surface area contributed by atoms with Gasteiger partial charge in [0.05, 0.1) is 5.38 Å². The molecule has 2 atom stereocenters. The van der Waals surface area contributed by atoms with E-state index in [-0.39, 0.29) is 16.7 Å². The first-order chi connectivity index (χ1) is 6.74. The van der Waals surface area contributed by atoms with Gasteiger partial charge in [-0.2, -0.15) is 0 Å². The third-order valence-electron chi connectivity index (χ3n) is 2.42. The summed E-state index contributed by atoms with van der Waals surface area (Å²) < 4.78 is 0. The molecule has 0 aromatic heterocycles. The molecule has 1 amide bonds. The van der Waals surface area contributed by atoms with Crippen LogP contribution in [0.5, 0.6) is 0 Å². The van der Waals surface area contributed by atoms with Gasteiger partial charge in [0.15, 0.2) is 0 Å². The summed E-state index contributed by atoms with van der Waals surface area (Å²) in [4.78, 5) is 11.4. The number of hydrogen-bond acceptors (Lipinski definition) is 2. The smallest absolute Gasteiger partial charge is 0.279 e. The molecule has 4 heteroatoms. The zero-order valence-corrected chi connectivity index (χ0v) is 10.2. The van der Waals surface area contributed by atoms with Crippen LogP contribution in [-0.4, -0.2) is 22.4 Å². The second-order valence-corrected chi connectivity index (χ2v) is 5.32. The summed E-state index contributed by atoms with van der Waals surface area (Å²) in [6, 6.07) is 0.197. The van der Waals surface area contributed by atoms with Crippen LogP contribution in [0.3, 0.4) is 0 Å². The van der Waals surface area contributed by atoms with E-state index in [1.807, 2.05) is 0 Å².